The highest BCUT2D eigenvalue weighted by Gasteiger charge is 2.23. The Morgan fingerprint density at radius 3 is 2.35 bits per heavy atom. The van der Waals surface area contributed by atoms with E-state index in [1.807, 2.05) is 6.92 Å². The van der Waals surface area contributed by atoms with E-state index in [-0.39, 0.29) is 5.82 Å². The fourth-order valence-corrected chi connectivity index (χ4v) is 3.08. The van der Waals surface area contributed by atoms with E-state index in [9.17, 15) is 9.18 Å². The molecule has 0 aliphatic rings. The van der Waals surface area contributed by atoms with Crippen LogP contribution in [0.4, 0.5) is 4.39 Å². The number of benzene rings is 1. The van der Waals surface area contributed by atoms with Gasteiger partial charge in [-0.15, -0.1) is 0 Å². The van der Waals surface area contributed by atoms with Crippen LogP contribution in [0.25, 0.3) is 11.1 Å². The van der Waals surface area contributed by atoms with Gasteiger partial charge in [-0.2, -0.15) is 0 Å². The van der Waals surface area contributed by atoms with Crippen molar-refractivity contribution in [1.82, 2.24) is 4.57 Å². The van der Waals surface area contributed by atoms with Gasteiger partial charge in [-0.25, -0.2) is 4.39 Å². The molecule has 1 amide bonds. The van der Waals surface area contributed by atoms with Crippen molar-refractivity contribution in [3.05, 3.63) is 47.0 Å². The normalized spacial score (nSPS) is 11.2. The average molecular weight is 316 g/mol. The predicted molar refractivity (Wildman–Crippen MR) is 91.9 cm³/mol. The first kappa shape index (κ1) is 17.3. The number of nitrogens with two attached hydrogens (primary N) is 1. The second-order valence-electron chi connectivity index (χ2n) is 6.34. The summed E-state index contributed by atoms with van der Waals surface area (Å²) in [4.78, 5) is 12.0. The maximum Gasteiger partial charge on any atom is 0.251 e. The van der Waals surface area contributed by atoms with Gasteiger partial charge in [-0.3, -0.25) is 4.79 Å². The summed E-state index contributed by atoms with van der Waals surface area (Å²) >= 11 is 0. The van der Waals surface area contributed by atoms with E-state index in [0.29, 0.717) is 11.5 Å². The van der Waals surface area contributed by atoms with E-state index in [2.05, 4.69) is 25.3 Å². The lowest BCUT2D eigenvalue weighted by molar-refractivity contribution is 0.1000. The van der Waals surface area contributed by atoms with Crippen molar-refractivity contribution < 1.29 is 9.18 Å². The van der Waals surface area contributed by atoms with Crippen LogP contribution in [0, 0.1) is 18.7 Å². The molecule has 0 saturated carbocycles. The highest BCUT2D eigenvalue weighted by atomic mass is 19.1. The summed E-state index contributed by atoms with van der Waals surface area (Å²) in [6.45, 7) is 9.22. The Hall–Kier alpha value is -2.10. The van der Waals surface area contributed by atoms with Gasteiger partial charge < -0.3 is 10.3 Å². The SMILES string of the molecule is CCc1c(-c2ccc(F)cc2)c(C(N)=O)c(C)n1CCC(C)C. The number of hydrogen-bond donors (Lipinski definition) is 1. The molecular formula is C19H25FN2O. The molecule has 23 heavy (non-hydrogen) atoms. The van der Waals surface area contributed by atoms with E-state index in [4.69, 9.17) is 5.73 Å². The van der Waals surface area contributed by atoms with Gasteiger partial charge in [0.05, 0.1) is 5.56 Å². The monoisotopic (exact) mass is 316 g/mol. The van der Waals surface area contributed by atoms with Gasteiger partial charge in [0.2, 0.25) is 0 Å². The molecule has 0 aliphatic heterocycles. The molecule has 1 aromatic carbocycles. The first-order valence-electron chi connectivity index (χ1n) is 8.14. The molecule has 124 valence electrons. The summed E-state index contributed by atoms with van der Waals surface area (Å²) < 4.78 is 15.4. The minimum atomic E-state index is -0.431. The topological polar surface area (TPSA) is 48.0 Å². The van der Waals surface area contributed by atoms with Gasteiger partial charge in [-0.05, 0) is 43.4 Å². The summed E-state index contributed by atoms with van der Waals surface area (Å²) in [6, 6.07) is 6.26. The van der Waals surface area contributed by atoms with Crippen molar-refractivity contribution >= 4 is 5.91 Å². The van der Waals surface area contributed by atoms with E-state index >= 15 is 0 Å². The molecule has 4 heteroatoms. The van der Waals surface area contributed by atoms with Crippen LogP contribution < -0.4 is 5.73 Å². The lowest BCUT2D eigenvalue weighted by Gasteiger charge is -2.13. The van der Waals surface area contributed by atoms with Crippen molar-refractivity contribution in [3.63, 3.8) is 0 Å². The molecule has 0 fully saturated rings. The molecule has 0 saturated heterocycles. The van der Waals surface area contributed by atoms with Crippen molar-refractivity contribution in [2.24, 2.45) is 11.7 Å². The highest BCUT2D eigenvalue weighted by molar-refractivity contribution is 6.02. The van der Waals surface area contributed by atoms with Crippen LogP contribution in [0.5, 0.6) is 0 Å². The van der Waals surface area contributed by atoms with Crippen LogP contribution in [0.15, 0.2) is 24.3 Å². The van der Waals surface area contributed by atoms with E-state index in [1.165, 1.54) is 12.1 Å². The summed E-state index contributed by atoms with van der Waals surface area (Å²) in [5.41, 5.74) is 9.87. The number of primary amides is 1. The van der Waals surface area contributed by atoms with E-state index < -0.39 is 5.91 Å². The quantitative estimate of drug-likeness (QED) is 0.848. The van der Waals surface area contributed by atoms with E-state index in [1.54, 1.807) is 12.1 Å². The summed E-state index contributed by atoms with van der Waals surface area (Å²) in [5, 5.41) is 0. The second-order valence-corrected chi connectivity index (χ2v) is 6.34. The fourth-order valence-electron chi connectivity index (χ4n) is 3.08. The first-order valence-corrected chi connectivity index (χ1v) is 8.14. The van der Waals surface area contributed by atoms with Crippen molar-refractivity contribution in [2.75, 3.05) is 0 Å². The molecule has 2 rings (SSSR count). The maximum atomic E-state index is 13.2. The molecule has 0 unspecified atom stereocenters. The highest BCUT2D eigenvalue weighted by Crippen LogP contribution is 2.33. The third kappa shape index (κ3) is 3.46. The molecular weight excluding hydrogens is 291 g/mol. The Bertz CT molecular complexity index is 699. The molecule has 0 spiro atoms. The number of halogens is 1. The average Bonchev–Trinajstić information content (AvgIpc) is 2.78. The smallest absolute Gasteiger partial charge is 0.251 e. The van der Waals surface area contributed by atoms with Crippen LogP contribution in [0.2, 0.25) is 0 Å². The molecule has 1 aromatic heterocycles. The second kappa shape index (κ2) is 6.99. The van der Waals surface area contributed by atoms with Gasteiger partial charge in [0.1, 0.15) is 5.82 Å². The largest absolute Gasteiger partial charge is 0.366 e. The maximum absolute atomic E-state index is 13.2. The van der Waals surface area contributed by atoms with Crippen LogP contribution in [0.3, 0.4) is 0 Å². The predicted octanol–water partition coefficient (Wildman–Crippen LogP) is 4.31. The van der Waals surface area contributed by atoms with Crippen molar-refractivity contribution in [2.45, 2.75) is 47.1 Å². The number of nitrogens with zero attached hydrogens (tertiary/aromatic N) is 1. The van der Waals surface area contributed by atoms with Crippen LogP contribution in [0.1, 0.15) is 48.9 Å². The number of carbonyl (C=O) groups excluding carboxylic acids is 1. The third-order valence-electron chi connectivity index (χ3n) is 4.28. The van der Waals surface area contributed by atoms with Crippen molar-refractivity contribution in [3.8, 4) is 11.1 Å². The molecule has 2 aromatic rings. The van der Waals surface area contributed by atoms with Gasteiger partial charge in [0.25, 0.3) is 5.91 Å². The lowest BCUT2D eigenvalue weighted by atomic mass is 9.99. The minimum Gasteiger partial charge on any atom is -0.366 e. The molecule has 2 N–H and O–H groups in total. The van der Waals surface area contributed by atoms with Crippen LogP contribution >= 0.6 is 0 Å². The Labute approximate surface area is 137 Å². The minimum absolute atomic E-state index is 0.289. The summed E-state index contributed by atoms with van der Waals surface area (Å²) in [5.74, 6) is -0.143. The Balaban J connectivity index is 2.65. The zero-order valence-electron chi connectivity index (χ0n) is 14.3. The molecule has 3 nitrogen and oxygen atoms in total. The van der Waals surface area contributed by atoms with Crippen molar-refractivity contribution in [1.29, 1.82) is 0 Å². The number of carbonyl (C=O) groups is 1. The van der Waals surface area contributed by atoms with Crippen LogP contribution in [-0.4, -0.2) is 10.5 Å². The molecule has 0 atom stereocenters. The standard InChI is InChI=1S/C19H25FN2O/c1-5-16-18(14-6-8-15(20)9-7-14)17(19(21)23)13(4)22(16)11-10-12(2)3/h6-9,12H,5,10-11H2,1-4H3,(H2,21,23). The summed E-state index contributed by atoms with van der Waals surface area (Å²) in [7, 11) is 0. The summed E-state index contributed by atoms with van der Waals surface area (Å²) in [6.07, 6.45) is 1.82. The number of amides is 1. The number of rotatable bonds is 6. The Morgan fingerprint density at radius 1 is 1.26 bits per heavy atom. The molecule has 1 heterocycles. The molecule has 0 radical (unpaired) electrons. The van der Waals surface area contributed by atoms with Gasteiger partial charge in [0, 0.05) is 23.5 Å². The number of aromatic nitrogens is 1. The van der Waals surface area contributed by atoms with E-state index in [0.717, 1.165) is 41.9 Å². The Kier molecular flexibility index (Phi) is 5.24. The first-order chi connectivity index (χ1) is 10.9. The van der Waals surface area contributed by atoms with Gasteiger partial charge in [0.15, 0.2) is 0 Å². The zero-order chi connectivity index (χ0) is 17.1. The zero-order valence-corrected chi connectivity index (χ0v) is 14.3. The molecule has 0 bridgehead atoms. The Morgan fingerprint density at radius 2 is 1.87 bits per heavy atom. The van der Waals surface area contributed by atoms with Gasteiger partial charge in [-0.1, -0.05) is 32.9 Å². The molecule has 0 aliphatic carbocycles. The number of hydrogen-bond acceptors (Lipinski definition) is 1. The fraction of sp³-hybridized carbons (Fsp3) is 0.421. The van der Waals surface area contributed by atoms with Crippen LogP contribution in [-0.2, 0) is 13.0 Å². The third-order valence-corrected chi connectivity index (χ3v) is 4.28. The lowest BCUT2D eigenvalue weighted by Crippen LogP contribution is -2.13. The van der Waals surface area contributed by atoms with Gasteiger partial charge >= 0.3 is 0 Å².